The van der Waals surface area contributed by atoms with Crippen molar-refractivity contribution in [3.63, 3.8) is 0 Å². The number of allylic oxidation sites excluding steroid dienone is 1. The third kappa shape index (κ3) is 3.66. The topological polar surface area (TPSA) is 79.4 Å². The molecule has 0 aromatic carbocycles. The lowest BCUT2D eigenvalue weighted by molar-refractivity contribution is -0.141. The van der Waals surface area contributed by atoms with Crippen LogP contribution in [0.4, 0.5) is 19.1 Å². The predicted molar refractivity (Wildman–Crippen MR) is 85.8 cm³/mol. The van der Waals surface area contributed by atoms with Gasteiger partial charge in [-0.3, -0.25) is 4.99 Å². The van der Waals surface area contributed by atoms with Crippen LogP contribution in [-0.4, -0.2) is 48.4 Å². The van der Waals surface area contributed by atoms with Crippen LogP contribution in [0.5, 0.6) is 0 Å². The number of aromatic nitrogens is 2. The predicted octanol–water partition coefficient (Wildman–Crippen LogP) is 1.44. The second kappa shape index (κ2) is 6.76. The highest BCUT2D eigenvalue weighted by Gasteiger charge is 2.35. The van der Waals surface area contributed by atoms with Crippen molar-refractivity contribution in [2.24, 2.45) is 10.7 Å². The van der Waals surface area contributed by atoms with Gasteiger partial charge in [-0.15, -0.1) is 0 Å². The van der Waals surface area contributed by atoms with Gasteiger partial charge in [-0.05, 0) is 25.5 Å². The first-order valence-corrected chi connectivity index (χ1v) is 7.85. The molecule has 0 radical (unpaired) electrons. The molecule has 9 heteroatoms. The average molecular weight is 340 g/mol. The number of anilines is 1. The average Bonchev–Trinajstić information content (AvgIpc) is 2.98. The van der Waals surface area contributed by atoms with Gasteiger partial charge in [0.15, 0.2) is 5.69 Å². The summed E-state index contributed by atoms with van der Waals surface area (Å²) in [5.74, 6) is 0.0846. The van der Waals surface area contributed by atoms with E-state index in [1.54, 1.807) is 4.90 Å². The number of hydrogen-bond donors (Lipinski definition) is 2. The van der Waals surface area contributed by atoms with E-state index in [9.17, 15) is 13.2 Å². The fourth-order valence-electron chi connectivity index (χ4n) is 2.53. The van der Waals surface area contributed by atoms with Crippen molar-refractivity contribution in [1.29, 1.82) is 0 Å². The minimum absolute atomic E-state index is 0.0846. The summed E-state index contributed by atoms with van der Waals surface area (Å²) in [7, 11) is 0. The molecule has 0 spiro atoms. The normalized spacial score (nSPS) is 22.2. The molecule has 6 nitrogen and oxygen atoms in total. The first-order valence-electron chi connectivity index (χ1n) is 7.85. The number of halogens is 3. The Labute approximate surface area is 137 Å². The fourth-order valence-corrected chi connectivity index (χ4v) is 2.53. The van der Waals surface area contributed by atoms with Gasteiger partial charge in [0.1, 0.15) is 0 Å². The highest BCUT2D eigenvalue weighted by Crippen LogP contribution is 2.31. The molecular weight excluding hydrogens is 321 g/mol. The minimum Gasteiger partial charge on any atom is -0.404 e. The molecule has 1 aromatic heterocycles. The molecular formula is C15H19F3N6. The van der Waals surface area contributed by atoms with Gasteiger partial charge in [0, 0.05) is 37.6 Å². The zero-order chi connectivity index (χ0) is 17.2. The van der Waals surface area contributed by atoms with E-state index in [4.69, 9.17) is 5.73 Å². The molecule has 3 heterocycles. The Hall–Kier alpha value is -2.16. The Morgan fingerprint density at radius 2 is 2.17 bits per heavy atom. The molecule has 2 fully saturated rings. The SMILES string of the molecule is N/C=C(\C=NC1CCNC1)c1cc(C(F)(F)F)nc(N2CCC2)n1. The minimum atomic E-state index is -4.54. The largest absolute Gasteiger partial charge is 0.433 e. The number of aliphatic imine (C=N–C) groups is 1. The van der Waals surface area contributed by atoms with Gasteiger partial charge >= 0.3 is 6.18 Å². The van der Waals surface area contributed by atoms with Crippen LogP contribution in [0.25, 0.3) is 5.57 Å². The summed E-state index contributed by atoms with van der Waals surface area (Å²) in [5, 5.41) is 3.18. The fraction of sp³-hybridized carbons (Fsp3) is 0.533. The third-order valence-electron chi connectivity index (χ3n) is 4.08. The van der Waals surface area contributed by atoms with E-state index < -0.39 is 11.9 Å². The Morgan fingerprint density at radius 1 is 1.38 bits per heavy atom. The molecule has 1 atom stereocenters. The van der Waals surface area contributed by atoms with E-state index in [1.165, 1.54) is 12.4 Å². The van der Waals surface area contributed by atoms with Crippen molar-refractivity contribution >= 4 is 17.7 Å². The summed E-state index contributed by atoms with van der Waals surface area (Å²) >= 11 is 0. The first kappa shape index (κ1) is 16.7. The number of hydrogen-bond acceptors (Lipinski definition) is 6. The van der Waals surface area contributed by atoms with E-state index in [0.717, 1.165) is 32.0 Å². The van der Waals surface area contributed by atoms with Gasteiger partial charge < -0.3 is 16.0 Å². The second-order valence-corrected chi connectivity index (χ2v) is 5.82. The van der Waals surface area contributed by atoms with Gasteiger partial charge in [-0.1, -0.05) is 0 Å². The Balaban J connectivity index is 1.91. The molecule has 3 rings (SSSR count). The van der Waals surface area contributed by atoms with Crippen molar-refractivity contribution in [3.05, 3.63) is 23.7 Å². The maximum absolute atomic E-state index is 13.1. The summed E-state index contributed by atoms with van der Waals surface area (Å²) in [6, 6.07) is 1.03. The summed E-state index contributed by atoms with van der Waals surface area (Å²) in [5.41, 5.74) is 5.12. The molecule has 0 bridgehead atoms. The standard InChI is InChI=1S/C15H19F3N6/c16-15(17,18)13-6-12(22-14(23-13)24-4-1-5-24)10(7-19)8-21-11-2-3-20-9-11/h6-8,11,20H,1-5,9,19H2/b10-7+,21-8?. The van der Waals surface area contributed by atoms with Gasteiger partial charge in [0.05, 0.1) is 11.7 Å². The number of rotatable bonds is 4. The van der Waals surface area contributed by atoms with Crippen LogP contribution < -0.4 is 16.0 Å². The molecule has 2 aliphatic heterocycles. The van der Waals surface area contributed by atoms with Crippen molar-refractivity contribution in [1.82, 2.24) is 15.3 Å². The number of nitrogens with one attached hydrogen (secondary N) is 1. The first-order chi connectivity index (χ1) is 11.5. The molecule has 0 amide bonds. The molecule has 24 heavy (non-hydrogen) atoms. The van der Waals surface area contributed by atoms with E-state index in [0.29, 0.717) is 18.7 Å². The smallest absolute Gasteiger partial charge is 0.404 e. The van der Waals surface area contributed by atoms with Gasteiger partial charge in [-0.25, -0.2) is 9.97 Å². The molecule has 130 valence electrons. The van der Waals surface area contributed by atoms with Gasteiger partial charge in [0.25, 0.3) is 0 Å². The molecule has 1 aromatic rings. The van der Waals surface area contributed by atoms with E-state index in [-0.39, 0.29) is 17.7 Å². The number of nitrogens with two attached hydrogens (primary N) is 1. The van der Waals surface area contributed by atoms with Crippen molar-refractivity contribution < 1.29 is 13.2 Å². The van der Waals surface area contributed by atoms with Crippen LogP contribution in [0.3, 0.4) is 0 Å². The number of nitrogens with zero attached hydrogens (tertiary/aromatic N) is 4. The van der Waals surface area contributed by atoms with Crippen molar-refractivity contribution in [2.45, 2.75) is 25.1 Å². The maximum atomic E-state index is 13.1. The van der Waals surface area contributed by atoms with Gasteiger partial charge in [0.2, 0.25) is 5.95 Å². The monoisotopic (exact) mass is 340 g/mol. The summed E-state index contributed by atoms with van der Waals surface area (Å²) < 4.78 is 39.4. The van der Waals surface area contributed by atoms with Crippen LogP contribution in [0.2, 0.25) is 0 Å². The molecule has 0 saturated carbocycles. The summed E-state index contributed by atoms with van der Waals surface area (Å²) in [4.78, 5) is 14.0. The van der Waals surface area contributed by atoms with Crippen LogP contribution >= 0.6 is 0 Å². The van der Waals surface area contributed by atoms with Crippen LogP contribution in [0, 0.1) is 0 Å². The zero-order valence-corrected chi connectivity index (χ0v) is 13.1. The summed E-state index contributed by atoms with van der Waals surface area (Å²) in [6.07, 6.45) is 0.00738. The lowest BCUT2D eigenvalue weighted by Gasteiger charge is -2.31. The van der Waals surface area contributed by atoms with E-state index in [2.05, 4.69) is 20.3 Å². The zero-order valence-electron chi connectivity index (χ0n) is 13.1. The van der Waals surface area contributed by atoms with Gasteiger partial charge in [-0.2, -0.15) is 13.2 Å². The van der Waals surface area contributed by atoms with Crippen molar-refractivity contribution in [2.75, 3.05) is 31.1 Å². The Bertz CT molecular complexity index is 645. The van der Waals surface area contributed by atoms with Crippen LogP contribution in [0.15, 0.2) is 17.3 Å². The highest BCUT2D eigenvalue weighted by molar-refractivity contribution is 6.09. The Morgan fingerprint density at radius 3 is 2.71 bits per heavy atom. The third-order valence-corrected chi connectivity index (χ3v) is 4.08. The van der Waals surface area contributed by atoms with E-state index in [1.807, 2.05) is 0 Å². The second-order valence-electron chi connectivity index (χ2n) is 5.82. The molecule has 2 aliphatic rings. The van der Waals surface area contributed by atoms with E-state index >= 15 is 0 Å². The molecule has 1 unspecified atom stereocenters. The Kier molecular flexibility index (Phi) is 4.70. The number of alkyl halides is 3. The lowest BCUT2D eigenvalue weighted by atomic mass is 10.1. The quantitative estimate of drug-likeness (QED) is 0.811. The van der Waals surface area contributed by atoms with Crippen molar-refractivity contribution in [3.8, 4) is 0 Å². The maximum Gasteiger partial charge on any atom is 0.433 e. The summed E-state index contributed by atoms with van der Waals surface area (Å²) in [6.45, 7) is 2.95. The van der Waals surface area contributed by atoms with Crippen LogP contribution in [0.1, 0.15) is 24.2 Å². The molecule has 0 aliphatic carbocycles. The molecule has 2 saturated heterocycles. The van der Waals surface area contributed by atoms with Crippen LogP contribution in [-0.2, 0) is 6.18 Å². The lowest BCUT2D eigenvalue weighted by Crippen LogP contribution is -2.38. The molecule has 3 N–H and O–H groups in total. The highest BCUT2D eigenvalue weighted by atomic mass is 19.4.